The van der Waals surface area contributed by atoms with Crippen LogP contribution in [0.1, 0.15) is 61.3 Å². The minimum absolute atomic E-state index is 0.151. The highest BCUT2D eigenvalue weighted by Gasteiger charge is 2.32. The molecule has 1 aliphatic carbocycles. The number of nitrogens with one attached hydrogen (secondary N) is 1. The normalized spacial score (nSPS) is 14.8. The van der Waals surface area contributed by atoms with Gasteiger partial charge in [0.15, 0.2) is 5.69 Å². The van der Waals surface area contributed by atoms with Crippen molar-refractivity contribution in [1.29, 1.82) is 0 Å². The van der Waals surface area contributed by atoms with Gasteiger partial charge in [-0.1, -0.05) is 0 Å². The van der Waals surface area contributed by atoms with Crippen LogP contribution in [0.25, 0.3) is 0 Å². The van der Waals surface area contributed by atoms with Gasteiger partial charge in [0, 0.05) is 23.4 Å². The molecule has 0 atom stereocenters. The SMILES string of the molecule is CC(C)(C)n1nc(C(=O)Nc2cnccc2CO)cc1C1CC1. The van der Waals surface area contributed by atoms with Gasteiger partial charge in [-0.2, -0.15) is 5.10 Å². The molecule has 6 heteroatoms. The fourth-order valence-electron chi connectivity index (χ4n) is 2.57. The van der Waals surface area contributed by atoms with E-state index in [9.17, 15) is 9.90 Å². The molecule has 3 rings (SSSR count). The number of amides is 1. The first-order valence-corrected chi connectivity index (χ1v) is 7.85. The Morgan fingerprint density at radius 2 is 2.17 bits per heavy atom. The second kappa shape index (κ2) is 5.77. The molecule has 0 bridgehead atoms. The van der Waals surface area contributed by atoms with Crippen molar-refractivity contribution < 1.29 is 9.90 Å². The van der Waals surface area contributed by atoms with Crippen LogP contribution in [0.2, 0.25) is 0 Å². The number of nitrogens with zero attached hydrogens (tertiary/aromatic N) is 3. The van der Waals surface area contributed by atoms with Crippen LogP contribution in [0.15, 0.2) is 24.5 Å². The monoisotopic (exact) mass is 314 g/mol. The quantitative estimate of drug-likeness (QED) is 0.909. The van der Waals surface area contributed by atoms with Crippen LogP contribution in [0.4, 0.5) is 5.69 Å². The zero-order valence-electron chi connectivity index (χ0n) is 13.7. The van der Waals surface area contributed by atoms with E-state index in [0.29, 0.717) is 22.9 Å². The fourth-order valence-corrected chi connectivity index (χ4v) is 2.57. The van der Waals surface area contributed by atoms with Crippen LogP contribution in [-0.2, 0) is 12.1 Å². The average Bonchev–Trinajstić information content (AvgIpc) is 3.24. The first-order valence-electron chi connectivity index (χ1n) is 7.85. The Morgan fingerprint density at radius 3 is 2.78 bits per heavy atom. The minimum atomic E-state index is -0.280. The lowest BCUT2D eigenvalue weighted by Crippen LogP contribution is -2.26. The predicted molar refractivity (Wildman–Crippen MR) is 87.3 cm³/mol. The van der Waals surface area contributed by atoms with Gasteiger partial charge in [0.2, 0.25) is 0 Å². The van der Waals surface area contributed by atoms with Gasteiger partial charge in [-0.05, 0) is 45.7 Å². The van der Waals surface area contributed by atoms with Crippen LogP contribution in [0.5, 0.6) is 0 Å². The first kappa shape index (κ1) is 15.7. The van der Waals surface area contributed by atoms with Gasteiger partial charge in [0.1, 0.15) is 0 Å². The highest BCUT2D eigenvalue weighted by atomic mass is 16.3. The van der Waals surface area contributed by atoms with Gasteiger partial charge in [-0.25, -0.2) is 0 Å². The van der Waals surface area contributed by atoms with E-state index in [4.69, 9.17) is 0 Å². The minimum Gasteiger partial charge on any atom is -0.392 e. The maximum atomic E-state index is 12.5. The smallest absolute Gasteiger partial charge is 0.276 e. The molecule has 2 heterocycles. The topological polar surface area (TPSA) is 80.0 Å². The number of anilines is 1. The molecule has 1 amide bonds. The van der Waals surface area contributed by atoms with Gasteiger partial charge >= 0.3 is 0 Å². The summed E-state index contributed by atoms with van der Waals surface area (Å²) in [5, 5.41) is 16.6. The second-order valence-electron chi connectivity index (χ2n) is 6.96. The van der Waals surface area contributed by atoms with Gasteiger partial charge in [0.05, 0.1) is 24.0 Å². The van der Waals surface area contributed by atoms with Crippen molar-refractivity contribution in [3.63, 3.8) is 0 Å². The third-order valence-corrected chi connectivity index (χ3v) is 3.93. The highest BCUT2D eigenvalue weighted by molar-refractivity contribution is 6.03. The van der Waals surface area contributed by atoms with E-state index in [1.54, 1.807) is 12.3 Å². The number of rotatable bonds is 4. The maximum absolute atomic E-state index is 12.5. The summed E-state index contributed by atoms with van der Waals surface area (Å²) in [5.41, 5.74) is 2.50. The molecule has 122 valence electrons. The number of carbonyl (C=O) groups is 1. The molecule has 6 nitrogen and oxygen atoms in total. The third-order valence-electron chi connectivity index (χ3n) is 3.93. The Balaban J connectivity index is 1.88. The van der Waals surface area contributed by atoms with Crippen molar-refractivity contribution in [3.05, 3.63) is 41.5 Å². The lowest BCUT2D eigenvalue weighted by molar-refractivity contribution is 0.102. The highest BCUT2D eigenvalue weighted by Crippen LogP contribution is 2.41. The Labute approximate surface area is 135 Å². The zero-order chi connectivity index (χ0) is 16.6. The molecule has 0 aromatic carbocycles. The summed E-state index contributed by atoms with van der Waals surface area (Å²) in [6.45, 7) is 6.09. The molecular weight excluding hydrogens is 292 g/mol. The number of aliphatic hydroxyl groups excluding tert-OH is 1. The van der Waals surface area contributed by atoms with Crippen LogP contribution in [0, 0.1) is 0 Å². The van der Waals surface area contributed by atoms with E-state index >= 15 is 0 Å². The average molecular weight is 314 g/mol. The summed E-state index contributed by atoms with van der Waals surface area (Å²) >= 11 is 0. The van der Waals surface area contributed by atoms with Crippen molar-refractivity contribution in [3.8, 4) is 0 Å². The maximum Gasteiger partial charge on any atom is 0.276 e. The molecule has 0 unspecified atom stereocenters. The second-order valence-corrected chi connectivity index (χ2v) is 6.96. The predicted octanol–water partition coefficient (Wildman–Crippen LogP) is 2.66. The Bertz CT molecular complexity index is 726. The fraction of sp³-hybridized carbons (Fsp3) is 0.471. The first-order chi connectivity index (χ1) is 10.9. The molecule has 2 aromatic heterocycles. The van der Waals surface area contributed by atoms with Gasteiger partial charge in [-0.3, -0.25) is 14.5 Å². The van der Waals surface area contributed by atoms with Crippen molar-refractivity contribution in [1.82, 2.24) is 14.8 Å². The van der Waals surface area contributed by atoms with Crippen molar-refractivity contribution in [2.75, 3.05) is 5.32 Å². The Hall–Kier alpha value is -2.21. The number of aromatic nitrogens is 3. The molecule has 23 heavy (non-hydrogen) atoms. The van der Waals surface area contributed by atoms with E-state index in [0.717, 1.165) is 18.5 Å². The summed E-state index contributed by atoms with van der Waals surface area (Å²) in [6.07, 6.45) is 5.42. The van der Waals surface area contributed by atoms with Crippen molar-refractivity contribution in [2.45, 2.75) is 51.7 Å². The summed E-state index contributed by atoms with van der Waals surface area (Å²) in [6, 6.07) is 3.56. The summed E-state index contributed by atoms with van der Waals surface area (Å²) in [5.74, 6) is 0.229. The largest absolute Gasteiger partial charge is 0.392 e. The van der Waals surface area contributed by atoms with E-state index in [2.05, 4.69) is 36.2 Å². The van der Waals surface area contributed by atoms with Crippen LogP contribution < -0.4 is 5.32 Å². The number of hydrogen-bond acceptors (Lipinski definition) is 4. The van der Waals surface area contributed by atoms with Crippen LogP contribution in [-0.4, -0.2) is 25.8 Å². The standard InChI is InChI=1S/C17H22N4O2/c1-17(2,3)21-15(11-4-5-11)8-13(20-21)16(23)19-14-9-18-7-6-12(14)10-22/h6-9,11,22H,4-5,10H2,1-3H3,(H,19,23). The van der Waals surface area contributed by atoms with Crippen molar-refractivity contribution in [2.24, 2.45) is 0 Å². The number of pyridine rings is 1. The molecule has 0 aliphatic heterocycles. The molecule has 2 aromatic rings. The molecule has 1 saturated carbocycles. The number of aliphatic hydroxyl groups is 1. The van der Waals surface area contributed by atoms with E-state index in [-0.39, 0.29) is 18.1 Å². The van der Waals surface area contributed by atoms with Crippen LogP contribution in [0.3, 0.4) is 0 Å². The van der Waals surface area contributed by atoms with Crippen LogP contribution >= 0.6 is 0 Å². The van der Waals surface area contributed by atoms with Gasteiger partial charge < -0.3 is 10.4 Å². The molecule has 2 N–H and O–H groups in total. The zero-order valence-corrected chi connectivity index (χ0v) is 13.7. The lowest BCUT2D eigenvalue weighted by atomic mass is 10.1. The van der Waals surface area contributed by atoms with Gasteiger partial charge in [-0.15, -0.1) is 0 Å². The van der Waals surface area contributed by atoms with E-state index < -0.39 is 0 Å². The Morgan fingerprint density at radius 1 is 1.43 bits per heavy atom. The number of hydrogen-bond donors (Lipinski definition) is 2. The summed E-state index contributed by atoms with van der Waals surface area (Å²) in [4.78, 5) is 16.5. The van der Waals surface area contributed by atoms with Crippen molar-refractivity contribution >= 4 is 11.6 Å². The summed E-state index contributed by atoms with van der Waals surface area (Å²) in [7, 11) is 0. The molecule has 1 aliphatic rings. The lowest BCUT2D eigenvalue weighted by Gasteiger charge is -2.22. The molecule has 1 fully saturated rings. The van der Waals surface area contributed by atoms with Gasteiger partial charge in [0.25, 0.3) is 5.91 Å². The molecule has 0 radical (unpaired) electrons. The molecule has 0 spiro atoms. The summed E-state index contributed by atoms with van der Waals surface area (Å²) < 4.78 is 1.95. The number of carbonyl (C=O) groups excluding carboxylic acids is 1. The molecule has 0 saturated heterocycles. The third kappa shape index (κ3) is 3.27. The van der Waals surface area contributed by atoms with E-state index in [1.807, 2.05) is 10.7 Å². The van der Waals surface area contributed by atoms with E-state index in [1.165, 1.54) is 6.20 Å². The molecular formula is C17H22N4O2. The Kier molecular flexibility index (Phi) is 3.93.